The normalized spacial score (nSPS) is 24.1. The van der Waals surface area contributed by atoms with Gasteiger partial charge in [0.05, 0.1) is 19.3 Å². The van der Waals surface area contributed by atoms with Crippen molar-refractivity contribution in [3.05, 3.63) is 12.7 Å². The Labute approximate surface area is 93.7 Å². The number of rotatable bonds is 10. The lowest BCUT2D eigenvalue weighted by molar-refractivity contribution is 0.141. The standard InChI is InChI=1S/C13H24O2/c1-3-5-6-7-8-9-12-13(15-12)11-14-10-4-2/h4,12-13H,2-3,5-11H2,1H3. The Morgan fingerprint density at radius 2 is 2.00 bits per heavy atom. The van der Waals surface area contributed by atoms with E-state index in [9.17, 15) is 0 Å². The molecule has 1 heterocycles. The van der Waals surface area contributed by atoms with Crippen LogP contribution in [0, 0.1) is 0 Å². The SMILES string of the molecule is C=CCOCC1OC1CCCCCCC. The van der Waals surface area contributed by atoms with Crippen LogP contribution in [0.1, 0.15) is 45.4 Å². The van der Waals surface area contributed by atoms with Gasteiger partial charge in [0.2, 0.25) is 0 Å². The van der Waals surface area contributed by atoms with Crippen LogP contribution in [0.5, 0.6) is 0 Å². The molecule has 1 rings (SSSR count). The van der Waals surface area contributed by atoms with Crippen LogP contribution < -0.4 is 0 Å². The summed E-state index contributed by atoms with van der Waals surface area (Å²) in [6.07, 6.45) is 10.6. The molecule has 1 aliphatic heterocycles. The van der Waals surface area contributed by atoms with Gasteiger partial charge < -0.3 is 9.47 Å². The fourth-order valence-electron chi connectivity index (χ4n) is 1.80. The molecule has 2 heteroatoms. The summed E-state index contributed by atoms with van der Waals surface area (Å²) in [6, 6.07) is 0. The van der Waals surface area contributed by atoms with Crippen LogP contribution in [-0.4, -0.2) is 25.4 Å². The van der Waals surface area contributed by atoms with Crippen molar-refractivity contribution >= 4 is 0 Å². The van der Waals surface area contributed by atoms with E-state index >= 15 is 0 Å². The molecule has 1 saturated heterocycles. The van der Waals surface area contributed by atoms with Gasteiger partial charge in [-0.1, -0.05) is 45.1 Å². The summed E-state index contributed by atoms with van der Waals surface area (Å²) in [5, 5.41) is 0. The highest BCUT2D eigenvalue weighted by Gasteiger charge is 2.37. The lowest BCUT2D eigenvalue weighted by atomic mass is 10.1. The molecule has 0 radical (unpaired) electrons. The van der Waals surface area contributed by atoms with Crippen molar-refractivity contribution in [2.75, 3.05) is 13.2 Å². The van der Waals surface area contributed by atoms with Crippen molar-refractivity contribution in [3.8, 4) is 0 Å². The Morgan fingerprint density at radius 1 is 1.20 bits per heavy atom. The topological polar surface area (TPSA) is 21.8 Å². The van der Waals surface area contributed by atoms with Gasteiger partial charge >= 0.3 is 0 Å². The van der Waals surface area contributed by atoms with Gasteiger partial charge in [0, 0.05) is 0 Å². The predicted molar refractivity (Wildman–Crippen MR) is 63.1 cm³/mol. The monoisotopic (exact) mass is 212 g/mol. The van der Waals surface area contributed by atoms with Crippen molar-refractivity contribution in [2.24, 2.45) is 0 Å². The average molecular weight is 212 g/mol. The minimum absolute atomic E-state index is 0.371. The number of unbranched alkanes of at least 4 members (excludes halogenated alkanes) is 4. The van der Waals surface area contributed by atoms with Crippen LogP contribution >= 0.6 is 0 Å². The van der Waals surface area contributed by atoms with E-state index in [1.54, 1.807) is 6.08 Å². The summed E-state index contributed by atoms with van der Waals surface area (Å²) in [5.41, 5.74) is 0. The molecule has 0 N–H and O–H groups in total. The molecule has 0 bridgehead atoms. The quantitative estimate of drug-likeness (QED) is 0.315. The lowest BCUT2D eigenvalue weighted by Gasteiger charge is -1.98. The van der Waals surface area contributed by atoms with E-state index in [1.807, 2.05) is 0 Å². The van der Waals surface area contributed by atoms with Crippen LogP contribution in [0.25, 0.3) is 0 Å². The molecule has 88 valence electrons. The molecule has 2 unspecified atom stereocenters. The van der Waals surface area contributed by atoms with Gasteiger partial charge in [-0.2, -0.15) is 0 Å². The van der Waals surface area contributed by atoms with E-state index in [0.717, 1.165) is 6.61 Å². The Hall–Kier alpha value is -0.340. The van der Waals surface area contributed by atoms with Crippen LogP contribution in [0.15, 0.2) is 12.7 Å². The number of epoxide rings is 1. The van der Waals surface area contributed by atoms with Crippen LogP contribution in [0.4, 0.5) is 0 Å². The van der Waals surface area contributed by atoms with Crippen LogP contribution in [0.3, 0.4) is 0 Å². The fourth-order valence-corrected chi connectivity index (χ4v) is 1.80. The third-order valence-electron chi connectivity index (χ3n) is 2.80. The van der Waals surface area contributed by atoms with Crippen molar-refractivity contribution in [1.82, 2.24) is 0 Å². The second-order valence-corrected chi connectivity index (χ2v) is 4.24. The van der Waals surface area contributed by atoms with Crippen molar-refractivity contribution in [2.45, 2.75) is 57.7 Å². The number of hydrogen-bond donors (Lipinski definition) is 0. The molecule has 0 aromatic carbocycles. The molecule has 15 heavy (non-hydrogen) atoms. The number of ether oxygens (including phenoxy) is 2. The van der Waals surface area contributed by atoms with Gasteiger partial charge in [-0.3, -0.25) is 0 Å². The summed E-state index contributed by atoms with van der Waals surface area (Å²) in [6.45, 7) is 7.24. The molecule has 1 aliphatic rings. The maximum absolute atomic E-state index is 5.51. The highest BCUT2D eigenvalue weighted by molar-refractivity contribution is 4.84. The molecular formula is C13H24O2. The van der Waals surface area contributed by atoms with Crippen molar-refractivity contribution in [1.29, 1.82) is 0 Å². The van der Waals surface area contributed by atoms with Gasteiger partial charge in [-0.05, 0) is 6.42 Å². The first-order chi connectivity index (χ1) is 7.38. The maximum Gasteiger partial charge on any atom is 0.107 e. The maximum atomic E-state index is 5.51. The first-order valence-corrected chi connectivity index (χ1v) is 6.22. The molecule has 0 amide bonds. The highest BCUT2D eigenvalue weighted by atomic mass is 16.6. The first-order valence-electron chi connectivity index (χ1n) is 6.22. The summed E-state index contributed by atoms with van der Waals surface area (Å²) < 4.78 is 10.8. The Balaban J connectivity index is 1.82. The van der Waals surface area contributed by atoms with Crippen LogP contribution in [0.2, 0.25) is 0 Å². The van der Waals surface area contributed by atoms with Gasteiger partial charge in [0.1, 0.15) is 6.10 Å². The summed E-state index contributed by atoms with van der Waals surface area (Å²) in [5.74, 6) is 0. The Kier molecular flexibility index (Phi) is 6.69. The molecular weight excluding hydrogens is 188 g/mol. The van der Waals surface area contributed by atoms with E-state index in [-0.39, 0.29) is 0 Å². The van der Waals surface area contributed by atoms with E-state index in [0.29, 0.717) is 18.8 Å². The molecule has 0 aliphatic carbocycles. The molecule has 2 atom stereocenters. The predicted octanol–water partition coefficient (Wildman–Crippen LogP) is 3.32. The molecule has 1 fully saturated rings. The average Bonchev–Trinajstić information content (AvgIpc) is 2.97. The van der Waals surface area contributed by atoms with E-state index in [4.69, 9.17) is 9.47 Å². The molecule has 0 aromatic rings. The molecule has 0 saturated carbocycles. The zero-order valence-electron chi connectivity index (χ0n) is 9.91. The number of hydrogen-bond acceptors (Lipinski definition) is 2. The third-order valence-corrected chi connectivity index (χ3v) is 2.80. The summed E-state index contributed by atoms with van der Waals surface area (Å²) in [4.78, 5) is 0. The molecule has 0 aromatic heterocycles. The minimum Gasteiger partial charge on any atom is -0.375 e. The van der Waals surface area contributed by atoms with E-state index < -0.39 is 0 Å². The van der Waals surface area contributed by atoms with Crippen molar-refractivity contribution in [3.63, 3.8) is 0 Å². The first kappa shape index (κ1) is 12.7. The summed E-state index contributed by atoms with van der Waals surface area (Å²) >= 11 is 0. The van der Waals surface area contributed by atoms with Crippen LogP contribution in [-0.2, 0) is 9.47 Å². The fraction of sp³-hybridized carbons (Fsp3) is 0.846. The second kappa shape index (κ2) is 7.89. The molecule has 0 spiro atoms. The van der Waals surface area contributed by atoms with E-state index in [2.05, 4.69) is 13.5 Å². The van der Waals surface area contributed by atoms with E-state index in [1.165, 1.54) is 38.5 Å². The van der Waals surface area contributed by atoms with Crippen molar-refractivity contribution < 1.29 is 9.47 Å². The Morgan fingerprint density at radius 3 is 2.73 bits per heavy atom. The van der Waals surface area contributed by atoms with Gasteiger partial charge in [-0.15, -0.1) is 6.58 Å². The third kappa shape index (κ3) is 5.95. The second-order valence-electron chi connectivity index (χ2n) is 4.24. The van der Waals surface area contributed by atoms with Gasteiger partial charge in [0.15, 0.2) is 0 Å². The van der Waals surface area contributed by atoms with Gasteiger partial charge in [0.25, 0.3) is 0 Å². The zero-order chi connectivity index (χ0) is 10.9. The Bertz CT molecular complexity index is 168. The minimum atomic E-state index is 0.371. The smallest absolute Gasteiger partial charge is 0.107 e. The highest BCUT2D eigenvalue weighted by Crippen LogP contribution is 2.27. The molecule has 2 nitrogen and oxygen atoms in total. The summed E-state index contributed by atoms with van der Waals surface area (Å²) in [7, 11) is 0. The zero-order valence-corrected chi connectivity index (χ0v) is 9.91. The largest absolute Gasteiger partial charge is 0.375 e. The van der Waals surface area contributed by atoms with Gasteiger partial charge in [-0.25, -0.2) is 0 Å². The lowest BCUT2D eigenvalue weighted by Crippen LogP contribution is -2.04.